The third-order valence-corrected chi connectivity index (χ3v) is 3.58. The highest BCUT2D eigenvalue weighted by molar-refractivity contribution is 5.42. The fraction of sp³-hybridized carbons (Fsp3) is 0.556. The van der Waals surface area contributed by atoms with Gasteiger partial charge in [0.2, 0.25) is 0 Å². The standard InChI is InChI=1S/C18H29N/c1-8-9-19-15(4)12-17-13(2)10-16(11-14(17)3)18(5,6)7/h10-11,19H,4,8-9,12H2,1-3,5-7H3. The van der Waals surface area contributed by atoms with Crippen molar-refractivity contribution in [3.05, 3.63) is 46.7 Å². The van der Waals surface area contributed by atoms with Crippen LogP contribution in [0.3, 0.4) is 0 Å². The first kappa shape index (κ1) is 15.8. The van der Waals surface area contributed by atoms with Crippen LogP contribution in [0, 0.1) is 13.8 Å². The second-order valence-corrected chi connectivity index (χ2v) is 6.55. The van der Waals surface area contributed by atoms with Gasteiger partial charge in [-0.2, -0.15) is 0 Å². The average molecular weight is 259 g/mol. The van der Waals surface area contributed by atoms with Crippen molar-refractivity contribution < 1.29 is 0 Å². The first-order valence-electron chi connectivity index (χ1n) is 7.28. The van der Waals surface area contributed by atoms with E-state index < -0.39 is 0 Å². The third kappa shape index (κ3) is 4.41. The van der Waals surface area contributed by atoms with Crippen molar-refractivity contribution in [3.8, 4) is 0 Å². The molecule has 1 nitrogen and oxygen atoms in total. The average Bonchev–Trinajstić information content (AvgIpc) is 2.29. The quantitative estimate of drug-likeness (QED) is 0.811. The van der Waals surface area contributed by atoms with Gasteiger partial charge in [0.15, 0.2) is 0 Å². The summed E-state index contributed by atoms with van der Waals surface area (Å²) in [5.74, 6) is 0. The maximum absolute atomic E-state index is 4.13. The molecule has 1 rings (SSSR count). The molecule has 1 aromatic rings. The smallest absolute Gasteiger partial charge is 0.0141 e. The molecule has 0 aliphatic carbocycles. The van der Waals surface area contributed by atoms with Gasteiger partial charge in [0, 0.05) is 18.7 Å². The molecule has 0 radical (unpaired) electrons. The lowest BCUT2D eigenvalue weighted by molar-refractivity contribution is 0.588. The Morgan fingerprint density at radius 1 is 1.16 bits per heavy atom. The molecule has 1 aromatic carbocycles. The van der Waals surface area contributed by atoms with Crippen molar-refractivity contribution in [3.63, 3.8) is 0 Å². The minimum absolute atomic E-state index is 0.214. The van der Waals surface area contributed by atoms with E-state index in [9.17, 15) is 0 Å². The monoisotopic (exact) mass is 259 g/mol. The summed E-state index contributed by atoms with van der Waals surface area (Å²) in [6.07, 6.45) is 2.07. The summed E-state index contributed by atoms with van der Waals surface area (Å²) in [6.45, 7) is 18.5. The zero-order valence-electron chi connectivity index (χ0n) is 13.5. The van der Waals surface area contributed by atoms with Crippen LogP contribution >= 0.6 is 0 Å². The summed E-state index contributed by atoms with van der Waals surface area (Å²) in [5, 5.41) is 3.39. The SMILES string of the molecule is C=C(Cc1c(C)cc(C(C)(C)C)cc1C)NCCC. The summed E-state index contributed by atoms with van der Waals surface area (Å²) in [6, 6.07) is 4.66. The number of nitrogens with one attached hydrogen (secondary N) is 1. The Morgan fingerprint density at radius 2 is 1.68 bits per heavy atom. The van der Waals surface area contributed by atoms with Gasteiger partial charge in [-0.15, -0.1) is 0 Å². The van der Waals surface area contributed by atoms with Gasteiger partial charge in [0.05, 0.1) is 0 Å². The Morgan fingerprint density at radius 3 is 2.11 bits per heavy atom. The number of aryl methyl sites for hydroxylation is 2. The Balaban J connectivity index is 2.95. The van der Waals surface area contributed by atoms with E-state index in [0.29, 0.717) is 0 Å². The Bertz CT molecular complexity index is 426. The summed E-state index contributed by atoms with van der Waals surface area (Å²) < 4.78 is 0. The molecule has 0 fully saturated rings. The molecule has 0 unspecified atom stereocenters. The zero-order chi connectivity index (χ0) is 14.6. The highest BCUT2D eigenvalue weighted by atomic mass is 14.9. The summed E-state index contributed by atoms with van der Waals surface area (Å²) in [7, 11) is 0. The third-order valence-electron chi connectivity index (χ3n) is 3.58. The normalized spacial score (nSPS) is 11.5. The van der Waals surface area contributed by atoms with Crippen LogP contribution in [0.4, 0.5) is 0 Å². The number of hydrogen-bond donors (Lipinski definition) is 1. The van der Waals surface area contributed by atoms with E-state index in [1.165, 1.54) is 22.3 Å². The molecule has 0 aliphatic heterocycles. The van der Waals surface area contributed by atoms with E-state index in [2.05, 4.69) is 65.6 Å². The van der Waals surface area contributed by atoms with Crippen molar-refractivity contribution >= 4 is 0 Å². The van der Waals surface area contributed by atoms with Gasteiger partial charge < -0.3 is 5.32 Å². The summed E-state index contributed by atoms with van der Waals surface area (Å²) in [5.41, 5.74) is 6.93. The van der Waals surface area contributed by atoms with Crippen molar-refractivity contribution in [2.45, 2.75) is 59.8 Å². The van der Waals surface area contributed by atoms with Crippen molar-refractivity contribution in [2.24, 2.45) is 0 Å². The van der Waals surface area contributed by atoms with Crippen LogP contribution in [0.25, 0.3) is 0 Å². The Kier molecular flexibility index (Phi) is 5.22. The topological polar surface area (TPSA) is 12.0 Å². The molecule has 0 heterocycles. The van der Waals surface area contributed by atoms with E-state index in [-0.39, 0.29) is 5.41 Å². The molecule has 0 aliphatic rings. The number of rotatable bonds is 5. The van der Waals surface area contributed by atoms with Crippen molar-refractivity contribution in [1.29, 1.82) is 0 Å². The lowest BCUT2D eigenvalue weighted by atomic mass is 9.83. The van der Waals surface area contributed by atoms with Gasteiger partial charge in [-0.05, 0) is 47.9 Å². The molecular weight excluding hydrogens is 230 g/mol. The highest BCUT2D eigenvalue weighted by Crippen LogP contribution is 2.27. The predicted octanol–water partition coefficient (Wildman–Crippen LogP) is 4.66. The fourth-order valence-corrected chi connectivity index (χ4v) is 2.28. The predicted molar refractivity (Wildman–Crippen MR) is 85.8 cm³/mol. The lowest BCUT2D eigenvalue weighted by Crippen LogP contribution is -2.17. The van der Waals surface area contributed by atoms with Gasteiger partial charge in [0.25, 0.3) is 0 Å². The molecular formula is C18H29N. The first-order valence-corrected chi connectivity index (χ1v) is 7.28. The molecule has 1 heteroatoms. The molecule has 0 atom stereocenters. The molecule has 0 spiro atoms. The molecule has 19 heavy (non-hydrogen) atoms. The molecule has 1 N–H and O–H groups in total. The second-order valence-electron chi connectivity index (χ2n) is 6.55. The molecule has 0 bridgehead atoms. The van der Waals surface area contributed by atoms with E-state index >= 15 is 0 Å². The maximum Gasteiger partial charge on any atom is 0.0141 e. The van der Waals surface area contributed by atoms with Crippen LogP contribution < -0.4 is 5.32 Å². The van der Waals surface area contributed by atoms with Gasteiger partial charge in [-0.1, -0.05) is 46.4 Å². The minimum Gasteiger partial charge on any atom is -0.389 e. The van der Waals surface area contributed by atoms with Crippen molar-refractivity contribution in [1.82, 2.24) is 5.32 Å². The van der Waals surface area contributed by atoms with E-state index in [1.807, 2.05) is 0 Å². The van der Waals surface area contributed by atoms with Gasteiger partial charge in [-0.3, -0.25) is 0 Å². The summed E-state index contributed by atoms with van der Waals surface area (Å²) >= 11 is 0. The highest BCUT2D eigenvalue weighted by Gasteiger charge is 2.16. The molecule has 0 aromatic heterocycles. The lowest BCUT2D eigenvalue weighted by Gasteiger charge is -2.23. The van der Waals surface area contributed by atoms with Crippen LogP contribution in [-0.4, -0.2) is 6.54 Å². The van der Waals surface area contributed by atoms with Gasteiger partial charge in [0.1, 0.15) is 0 Å². The zero-order valence-corrected chi connectivity index (χ0v) is 13.5. The van der Waals surface area contributed by atoms with Crippen LogP contribution in [0.5, 0.6) is 0 Å². The van der Waals surface area contributed by atoms with Crippen LogP contribution in [-0.2, 0) is 11.8 Å². The van der Waals surface area contributed by atoms with E-state index in [0.717, 1.165) is 25.1 Å². The fourth-order valence-electron chi connectivity index (χ4n) is 2.28. The van der Waals surface area contributed by atoms with Crippen LogP contribution in [0.15, 0.2) is 24.4 Å². The molecule has 106 valence electrons. The first-order chi connectivity index (χ1) is 8.75. The largest absolute Gasteiger partial charge is 0.389 e. The number of benzene rings is 1. The second kappa shape index (κ2) is 6.27. The van der Waals surface area contributed by atoms with E-state index in [4.69, 9.17) is 0 Å². The maximum atomic E-state index is 4.13. The number of allylic oxidation sites excluding steroid dienone is 1. The Hall–Kier alpha value is -1.24. The van der Waals surface area contributed by atoms with Crippen LogP contribution in [0.1, 0.15) is 56.4 Å². The molecule has 0 amide bonds. The van der Waals surface area contributed by atoms with E-state index in [1.54, 1.807) is 0 Å². The van der Waals surface area contributed by atoms with Gasteiger partial charge in [-0.25, -0.2) is 0 Å². The number of hydrogen-bond acceptors (Lipinski definition) is 1. The summed E-state index contributed by atoms with van der Waals surface area (Å²) in [4.78, 5) is 0. The molecule has 0 saturated carbocycles. The van der Waals surface area contributed by atoms with Crippen molar-refractivity contribution in [2.75, 3.05) is 6.54 Å². The molecule has 0 saturated heterocycles. The minimum atomic E-state index is 0.214. The van der Waals surface area contributed by atoms with Crippen LogP contribution in [0.2, 0.25) is 0 Å². The Labute approximate surface area is 119 Å². The van der Waals surface area contributed by atoms with Gasteiger partial charge >= 0.3 is 0 Å².